The third kappa shape index (κ3) is 1.84. The maximum atomic E-state index is 5.65. The molecule has 0 aromatic carbocycles. The Kier molecular flexibility index (Phi) is 2.52. The van der Waals surface area contributed by atoms with Gasteiger partial charge in [0.1, 0.15) is 5.82 Å². The number of aromatic nitrogens is 3. The van der Waals surface area contributed by atoms with E-state index in [4.69, 9.17) is 11.5 Å². The first kappa shape index (κ1) is 10.5. The molecule has 5 nitrogen and oxygen atoms in total. The van der Waals surface area contributed by atoms with Crippen LogP contribution in [0.25, 0.3) is 5.82 Å². The Labute approximate surface area is 94.1 Å². The van der Waals surface area contributed by atoms with Crippen LogP contribution in [0.5, 0.6) is 0 Å². The van der Waals surface area contributed by atoms with Crippen molar-refractivity contribution in [2.75, 3.05) is 11.5 Å². The lowest BCUT2D eigenvalue weighted by atomic mass is 10.1. The molecule has 4 N–H and O–H groups in total. The molecule has 0 unspecified atom stereocenters. The van der Waals surface area contributed by atoms with Crippen LogP contribution >= 0.6 is 0 Å². The number of hydrogen-bond acceptors (Lipinski definition) is 4. The molecule has 16 heavy (non-hydrogen) atoms. The van der Waals surface area contributed by atoms with Gasteiger partial charge >= 0.3 is 0 Å². The van der Waals surface area contributed by atoms with Gasteiger partial charge in [-0.3, -0.25) is 0 Å². The fourth-order valence-corrected chi connectivity index (χ4v) is 1.38. The van der Waals surface area contributed by atoms with Gasteiger partial charge in [-0.25, -0.2) is 9.67 Å². The van der Waals surface area contributed by atoms with Gasteiger partial charge in [-0.2, -0.15) is 5.10 Å². The summed E-state index contributed by atoms with van der Waals surface area (Å²) in [6, 6.07) is 5.50. The summed E-state index contributed by atoms with van der Waals surface area (Å²) in [5, 5.41) is 4.41. The molecule has 0 radical (unpaired) electrons. The molecular weight excluding hydrogens is 202 g/mol. The van der Waals surface area contributed by atoms with E-state index in [0.29, 0.717) is 23.2 Å². The zero-order valence-corrected chi connectivity index (χ0v) is 9.38. The van der Waals surface area contributed by atoms with E-state index in [-0.39, 0.29) is 0 Å². The third-order valence-corrected chi connectivity index (χ3v) is 2.38. The van der Waals surface area contributed by atoms with Crippen LogP contribution in [-0.4, -0.2) is 14.8 Å². The second kappa shape index (κ2) is 3.84. The van der Waals surface area contributed by atoms with Crippen molar-refractivity contribution >= 4 is 11.5 Å². The summed E-state index contributed by atoms with van der Waals surface area (Å²) in [6.07, 6.45) is 1.87. The minimum atomic E-state index is 0.332. The Morgan fingerprint density at radius 1 is 1.19 bits per heavy atom. The van der Waals surface area contributed by atoms with E-state index in [1.54, 1.807) is 16.8 Å². The lowest BCUT2D eigenvalue weighted by Crippen LogP contribution is -2.04. The molecule has 84 valence electrons. The molecule has 0 spiro atoms. The molecule has 2 rings (SSSR count). The monoisotopic (exact) mass is 217 g/mol. The molecular formula is C11H15N5. The van der Waals surface area contributed by atoms with E-state index in [9.17, 15) is 0 Å². The Morgan fingerprint density at radius 2 is 1.94 bits per heavy atom. The molecule has 2 aromatic heterocycles. The number of rotatable bonds is 2. The van der Waals surface area contributed by atoms with Gasteiger partial charge in [0.2, 0.25) is 0 Å². The summed E-state index contributed by atoms with van der Waals surface area (Å²) in [5.74, 6) is 1.41. The molecule has 0 atom stereocenters. The summed E-state index contributed by atoms with van der Waals surface area (Å²) >= 11 is 0. The van der Waals surface area contributed by atoms with Crippen molar-refractivity contribution in [2.24, 2.45) is 0 Å². The Bertz CT molecular complexity index is 501. The van der Waals surface area contributed by atoms with Gasteiger partial charge in [0, 0.05) is 6.20 Å². The highest BCUT2D eigenvalue weighted by Gasteiger charge is 2.06. The van der Waals surface area contributed by atoms with Gasteiger partial charge in [-0.1, -0.05) is 13.8 Å². The number of nitrogens with two attached hydrogens (primary N) is 2. The number of nitrogens with zero attached hydrogens (tertiary/aromatic N) is 3. The molecule has 2 heterocycles. The Balaban J connectivity index is 2.39. The maximum Gasteiger partial charge on any atom is 0.155 e. The van der Waals surface area contributed by atoms with Crippen LogP contribution in [0.1, 0.15) is 25.5 Å². The molecule has 5 heteroatoms. The first-order chi connectivity index (χ1) is 7.58. The number of nitrogen functional groups attached to an aromatic ring is 2. The smallest absolute Gasteiger partial charge is 0.155 e. The SMILES string of the molecule is CC(C)c1ccn(-c2ccc(N)c(N)n2)n1. The van der Waals surface area contributed by atoms with Crippen LogP contribution in [0.2, 0.25) is 0 Å². The van der Waals surface area contributed by atoms with Crippen molar-refractivity contribution < 1.29 is 0 Å². The van der Waals surface area contributed by atoms with Crippen molar-refractivity contribution in [1.82, 2.24) is 14.8 Å². The molecule has 2 aromatic rings. The van der Waals surface area contributed by atoms with Crippen molar-refractivity contribution in [2.45, 2.75) is 19.8 Å². The Hall–Kier alpha value is -2.04. The largest absolute Gasteiger partial charge is 0.396 e. The molecule has 0 bridgehead atoms. The van der Waals surface area contributed by atoms with Crippen molar-refractivity contribution in [3.8, 4) is 5.82 Å². The van der Waals surface area contributed by atoms with E-state index in [0.717, 1.165) is 5.69 Å². The highest BCUT2D eigenvalue weighted by atomic mass is 15.3. The lowest BCUT2D eigenvalue weighted by Gasteiger charge is -2.04. The topological polar surface area (TPSA) is 82.8 Å². The summed E-state index contributed by atoms with van der Waals surface area (Å²) in [5.41, 5.74) is 12.8. The van der Waals surface area contributed by atoms with E-state index in [1.165, 1.54) is 0 Å². The molecule has 0 aliphatic carbocycles. The lowest BCUT2D eigenvalue weighted by molar-refractivity contribution is 0.758. The van der Waals surface area contributed by atoms with E-state index in [1.807, 2.05) is 12.3 Å². The highest BCUT2D eigenvalue weighted by Crippen LogP contribution is 2.16. The average Bonchev–Trinajstić information content (AvgIpc) is 2.71. The molecule has 0 fully saturated rings. The zero-order chi connectivity index (χ0) is 11.7. The minimum absolute atomic E-state index is 0.332. The number of pyridine rings is 1. The summed E-state index contributed by atoms with van der Waals surface area (Å²) < 4.78 is 1.70. The molecule has 0 aliphatic rings. The van der Waals surface area contributed by atoms with Gasteiger partial charge in [-0.15, -0.1) is 0 Å². The van der Waals surface area contributed by atoms with Crippen LogP contribution in [0.3, 0.4) is 0 Å². The predicted octanol–water partition coefficient (Wildman–Crippen LogP) is 1.56. The standard InChI is InChI=1S/C11H15N5/c1-7(2)9-5-6-16(15-9)10-4-3-8(12)11(13)14-10/h3-7H,12H2,1-2H3,(H2,13,14). The minimum Gasteiger partial charge on any atom is -0.396 e. The quantitative estimate of drug-likeness (QED) is 0.799. The summed E-state index contributed by atoms with van der Waals surface area (Å²) in [4.78, 5) is 4.17. The first-order valence-electron chi connectivity index (χ1n) is 5.16. The second-order valence-corrected chi connectivity index (χ2v) is 3.98. The van der Waals surface area contributed by atoms with Crippen LogP contribution in [0, 0.1) is 0 Å². The molecule has 0 aliphatic heterocycles. The van der Waals surface area contributed by atoms with Gasteiger partial charge in [0.05, 0.1) is 11.4 Å². The average molecular weight is 217 g/mol. The molecule has 0 saturated heterocycles. The fraction of sp³-hybridized carbons (Fsp3) is 0.273. The van der Waals surface area contributed by atoms with Gasteiger partial charge in [0.25, 0.3) is 0 Å². The fourth-order valence-electron chi connectivity index (χ4n) is 1.38. The third-order valence-electron chi connectivity index (χ3n) is 2.38. The number of hydrogen-bond donors (Lipinski definition) is 2. The van der Waals surface area contributed by atoms with E-state index < -0.39 is 0 Å². The maximum absolute atomic E-state index is 5.65. The predicted molar refractivity (Wildman–Crippen MR) is 64.3 cm³/mol. The van der Waals surface area contributed by atoms with Gasteiger partial charge < -0.3 is 11.5 Å². The number of anilines is 2. The van der Waals surface area contributed by atoms with Crippen LogP contribution in [-0.2, 0) is 0 Å². The van der Waals surface area contributed by atoms with Crippen LogP contribution < -0.4 is 11.5 Å². The van der Waals surface area contributed by atoms with Gasteiger partial charge in [-0.05, 0) is 24.1 Å². The van der Waals surface area contributed by atoms with Gasteiger partial charge in [0.15, 0.2) is 5.82 Å². The second-order valence-electron chi connectivity index (χ2n) is 3.98. The van der Waals surface area contributed by atoms with Crippen molar-refractivity contribution in [3.63, 3.8) is 0 Å². The van der Waals surface area contributed by atoms with Crippen LogP contribution in [0.4, 0.5) is 11.5 Å². The van der Waals surface area contributed by atoms with Crippen molar-refractivity contribution in [1.29, 1.82) is 0 Å². The van der Waals surface area contributed by atoms with Crippen LogP contribution in [0.15, 0.2) is 24.4 Å². The molecule has 0 amide bonds. The Morgan fingerprint density at radius 3 is 2.50 bits per heavy atom. The summed E-state index contributed by atoms with van der Waals surface area (Å²) in [6.45, 7) is 4.19. The van der Waals surface area contributed by atoms with E-state index >= 15 is 0 Å². The zero-order valence-electron chi connectivity index (χ0n) is 9.38. The highest BCUT2D eigenvalue weighted by molar-refractivity contribution is 5.59. The normalized spacial score (nSPS) is 10.9. The molecule has 0 saturated carbocycles. The summed E-state index contributed by atoms with van der Waals surface area (Å²) in [7, 11) is 0. The van der Waals surface area contributed by atoms with Crippen molar-refractivity contribution in [3.05, 3.63) is 30.1 Å². The van der Waals surface area contributed by atoms with E-state index in [2.05, 4.69) is 23.9 Å². The first-order valence-corrected chi connectivity index (χ1v) is 5.16.